The van der Waals surface area contributed by atoms with Crippen molar-refractivity contribution in [1.82, 2.24) is 0 Å². The number of hydrogen-bond donors (Lipinski definition) is 0. The largest absolute Gasteiger partial charge is 0.246 e. The molecule has 0 aliphatic rings. The average Bonchev–Trinajstić information content (AvgIpc) is 2.80. The van der Waals surface area contributed by atoms with E-state index in [1.165, 1.54) is 29.8 Å². The lowest BCUT2D eigenvalue weighted by molar-refractivity contribution is 0.624. The summed E-state index contributed by atoms with van der Waals surface area (Å²) >= 11 is 4.75. The molecule has 0 fully saturated rings. The topological polar surface area (TPSA) is 12.4 Å². The zero-order valence-electron chi connectivity index (χ0n) is 18.5. The fourth-order valence-corrected chi connectivity index (χ4v) is 7.11. The van der Waals surface area contributed by atoms with Crippen molar-refractivity contribution in [1.29, 1.82) is 0 Å². The molecule has 0 unspecified atom stereocenters. The monoisotopic (exact) mass is 507 g/mol. The quantitative estimate of drug-likeness (QED) is 0.102. The molecule has 0 radical (unpaired) electrons. The van der Waals surface area contributed by atoms with Crippen molar-refractivity contribution in [2.24, 2.45) is 4.99 Å². The maximum Gasteiger partial charge on any atom is 0.124 e. The third-order valence-corrected chi connectivity index (χ3v) is 8.18. The van der Waals surface area contributed by atoms with Crippen molar-refractivity contribution < 1.29 is 8.78 Å². The van der Waals surface area contributed by atoms with E-state index in [4.69, 9.17) is 4.99 Å². The predicted molar refractivity (Wildman–Crippen MR) is 143 cm³/mol. The Morgan fingerprint density at radius 1 is 0.706 bits per heavy atom. The molecule has 0 bridgehead atoms. The van der Waals surface area contributed by atoms with Gasteiger partial charge in [0.15, 0.2) is 0 Å². The van der Waals surface area contributed by atoms with Gasteiger partial charge in [-0.1, -0.05) is 59.8 Å². The van der Waals surface area contributed by atoms with Crippen LogP contribution < -0.4 is 0 Å². The molecule has 0 N–H and O–H groups in total. The Kier molecular flexibility index (Phi) is 8.85. The van der Waals surface area contributed by atoms with Crippen LogP contribution in [-0.4, -0.2) is 9.63 Å². The van der Waals surface area contributed by atoms with Crippen LogP contribution in [0, 0.1) is 18.6 Å². The van der Waals surface area contributed by atoms with Crippen LogP contribution >= 0.6 is 35.3 Å². The summed E-state index contributed by atoms with van der Waals surface area (Å²) in [6.45, 7) is 2.07. The van der Waals surface area contributed by atoms with Gasteiger partial charge in [0.05, 0.1) is 15.3 Å². The highest BCUT2D eigenvalue weighted by atomic mass is 32.2. The van der Waals surface area contributed by atoms with E-state index in [9.17, 15) is 8.78 Å². The van der Waals surface area contributed by atoms with Crippen LogP contribution in [0.3, 0.4) is 0 Å². The SMILES string of the molecule is Cc1cccc(SC(CC(Sc2cccc(F)c2)Sc2cccc(F)c2)=Nc2ccccc2)c1. The molecule has 0 saturated heterocycles. The van der Waals surface area contributed by atoms with Gasteiger partial charge in [-0.15, -0.1) is 23.5 Å². The van der Waals surface area contributed by atoms with Gasteiger partial charge in [0.25, 0.3) is 0 Å². The molecule has 172 valence electrons. The molecular weight excluding hydrogens is 485 g/mol. The van der Waals surface area contributed by atoms with Crippen molar-refractivity contribution in [2.75, 3.05) is 0 Å². The number of para-hydroxylation sites is 1. The molecule has 0 aromatic heterocycles. The van der Waals surface area contributed by atoms with E-state index >= 15 is 0 Å². The third kappa shape index (κ3) is 7.76. The van der Waals surface area contributed by atoms with Crippen LogP contribution in [0.5, 0.6) is 0 Å². The summed E-state index contributed by atoms with van der Waals surface area (Å²) in [6.07, 6.45) is 0.621. The molecule has 6 heteroatoms. The van der Waals surface area contributed by atoms with E-state index in [0.29, 0.717) is 6.42 Å². The molecule has 1 nitrogen and oxygen atoms in total. The summed E-state index contributed by atoms with van der Waals surface area (Å²) in [6, 6.07) is 31.3. The van der Waals surface area contributed by atoms with E-state index in [2.05, 4.69) is 25.1 Å². The van der Waals surface area contributed by atoms with Gasteiger partial charge in [0.1, 0.15) is 11.6 Å². The number of hydrogen-bond acceptors (Lipinski definition) is 4. The van der Waals surface area contributed by atoms with Gasteiger partial charge < -0.3 is 0 Å². The number of rotatable bonds is 8. The first-order valence-electron chi connectivity index (χ1n) is 10.7. The zero-order valence-corrected chi connectivity index (χ0v) is 21.0. The van der Waals surface area contributed by atoms with Gasteiger partial charge in [-0.25, -0.2) is 13.8 Å². The molecule has 0 aliphatic heterocycles. The minimum Gasteiger partial charge on any atom is -0.246 e. The van der Waals surface area contributed by atoms with E-state index in [1.807, 2.05) is 48.5 Å². The number of benzene rings is 4. The highest BCUT2D eigenvalue weighted by molar-refractivity contribution is 8.17. The first-order chi connectivity index (χ1) is 16.5. The molecule has 4 aromatic rings. The molecule has 0 aliphatic carbocycles. The van der Waals surface area contributed by atoms with Crippen LogP contribution in [0.15, 0.2) is 123 Å². The van der Waals surface area contributed by atoms with Crippen LogP contribution in [0.4, 0.5) is 14.5 Å². The molecule has 4 rings (SSSR count). The second kappa shape index (κ2) is 12.2. The Balaban J connectivity index is 1.65. The summed E-state index contributed by atoms with van der Waals surface area (Å²) in [7, 11) is 0. The molecular formula is C28H23F2NS3. The van der Waals surface area contributed by atoms with Gasteiger partial charge >= 0.3 is 0 Å². The molecule has 0 amide bonds. The van der Waals surface area contributed by atoms with Crippen LogP contribution in [0.2, 0.25) is 0 Å². The van der Waals surface area contributed by atoms with Crippen molar-refractivity contribution in [3.05, 3.63) is 120 Å². The summed E-state index contributed by atoms with van der Waals surface area (Å²) in [5, 5.41) is 0.939. The van der Waals surface area contributed by atoms with Crippen LogP contribution in [0.1, 0.15) is 12.0 Å². The standard InChI is InChI=1S/C28H23F2NS3/c1-20-8-5-13-24(16-20)32-27(31-23-11-3-2-4-12-23)19-28(33-25-14-6-9-21(29)17-25)34-26-15-7-10-22(30)18-26/h2-18,28H,19H2,1H3. The van der Waals surface area contributed by atoms with Crippen LogP contribution in [0.25, 0.3) is 0 Å². The number of nitrogens with zero attached hydrogens (tertiary/aromatic N) is 1. The fraction of sp³-hybridized carbons (Fsp3) is 0.107. The second-order valence-corrected chi connectivity index (χ2v) is 11.5. The Morgan fingerprint density at radius 2 is 1.29 bits per heavy atom. The minimum atomic E-state index is -0.271. The Labute approximate surface area is 212 Å². The van der Waals surface area contributed by atoms with Gasteiger partial charge in [0.2, 0.25) is 0 Å². The lowest BCUT2D eigenvalue weighted by Gasteiger charge is -2.18. The average molecular weight is 508 g/mol. The fourth-order valence-electron chi connectivity index (χ4n) is 3.21. The molecule has 34 heavy (non-hydrogen) atoms. The first-order valence-corrected chi connectivity index (χ1v) is 13.3. The van der Waals surface area contributed by atoms with Crippen molar-refractivity contribution in [3.63, 3.8) is 0 Å². The Bertz CT molecular complexity index is 1210. The van der Waals surface area contributed by atoms with Gasteiger partial charge in [0, 0.05) is 21.1 Å². The van der Waals surface area contributed by atoms with Crippen molar-refractivity contribution >= 4 is 46.0 Å². The normalized spacial score (nSPS) is 11.7. The number of thioether (sulfide) groups is 3. The van der Waals surface area contributed by atoms with E-state index in [1.54, 1.807) is 47.4 Å². The summed E-state index contributed by atoms with van der Waals surface area (Å²) in [5.74, 6) is -0.543. The van der Waals surface area contributed by atoms with Gasteiger partial charge in [-0.2, -0.15) is 0 Å². The van der Waals surface area contributed by atoms with Gasteiger partial charge in [-0.05, 0) is 67.6 Å². The second-order valence-electron chi connectivity index (χ2n) is 7.54. The van der Waals surface area contributed by atoms with Crippen molar-refractivity contribution in [2.45, 2.75) is 32.6 Å². The predicted octanol–water partition coefficient (Wildman–Crippen LogP) is 9.40. The molecule has 0 heterocycles. The highest BCUT2D eigenvalue weighted by Crippen LogP contribution is 2.40. The molecule has 0 atom stereocenters. The molecule has 4 aromatic carbocycles. The summed E-state index contributed by atoms with van der Waals surface area (Å²) in [5.41, 5.74) is 2.06. The summed E-state index contributed by atoms with van der Waals surface area (Å²) in [4.78, 5) is 7.71. The lowest BCUT2D eigenvalue weighted by atomic mass is 10.2. The molecule has 0 saturated carbocycles. The lowest BCUT2D eigenvalue weighted by Crippen LogP contribution is -2.05. The Hall–Kier alpha value is -2.54. The van der Waals surface area contributed by atoms with E-state index < -0.39 is 0 Å². The highest BCUT2D eigenvalue weighted by Gasteiger charge is 2.18. The maximum absolute atomic E-state index is 13.9. The summed E-state index contributed by atoms with van der Waals surface area (Å²) < 4.78 is 27.7. The van der Waals surface area contributed by atoms with E-state index in [-0.39, 0.29) is 16.2 Å². The van der Waals surface area contributed by atoms with Crippen molar-refractivity contribution in [3.8, 4) is 0 Å². The number of aryl methyl sites for hydroxylation is 1. The third-order valence-electron chi connectivity index (χ3n) is 4.70. The minimum absolute atomic E-state index is 0.0385. The number of aliphatic imine (C=N–C) groups is 1. The van der Waals surface area contributed by atoms with Crippen LogP contribution in [-0.2, 0) is 0 Å². The maximum atomic E-state index is 13.9. The molecule has 0 spiro atoms. The van der Waals surface area contributed by atoms with Gasteiger partial charge in [-0.3, -0.25) is 0 Å². The first kappa shape index (κ1) is 24.6. The van der Waals surface area contributed by atoms with E-state index in [0.717, 1.165) is 25.4 Å². The smallest absolute Gasteiger partial charge is 0.124 e. The number of halogens is 2. The zero-order chi connectivity index (χ0) is 23.8. The Morgan fingerprint density at radius 3 is 1.88 bits per heavy atom.